The van der Waals surface area contributed by atoms with E-state index in [4.69, 9.17) is 9.15 Å². The molecular formula is C28H19NO9. The van der Waals surface area contributed by atoms with Crippen molar-refractivity contribution in [3.63, 3.8) is 0 Å². The van der Waals surface area contributed by atoms with Crippen LogP contribution >= 0.6 is 0 Å². The minimum absolute atomic E-state index is 0.0530. The Bertz CT molecular complexity index is 1950. The van der Waals surface area contributed by atoms with Crippen molar-refractivity contribution in [3.05, 3.63) is 85.8 Å². The third kappa shape index (κ3) is 3.38. The Kier molecular flexibility index (Phi) is 4.96. The molecule has 190 valence electrons. The van der Waals surface area contributed by atoms with Gasteiger partial charge in [0.1, 0.15) is 22.5 Å². The third-order valence-electron chi connectivity index (χ3n) is 6.80. The molecule has 10 heteroatoms. The van der Waals surface area contributed by atoms with E-state index in [2.05, 4.69) is 4.98 Å². The number of pyridine rings is 1. The summed E-state index contributed by atoms with van der Waals surface area (Å²) in [5.74, 6) is -4.43. The van der Waals surface area contributed by atoms with Gasteiger partial charge >= 0.3 is 5.97 Å². The highest BCUT2D eigenvalue weighted by atomic mass is 16.5. The van der Waals surface area contributed by atoms with Crippen molar-refractivity contribution < 1.29 is 34.4 Å². The predicted octanol–water partition coefficient (Wildman–Crippen LogP) is 3.87. The van der Waals surface area contributed by atoms with Crippen LogP contribution in [0.25, 0.3) is 33.2 Å². The number of carbonyl (C=O) groups is 1. The van der Waals surface area contributed by atoms with Crippen LogP contribution in [0.15, 0.2) is 62.5 Å². The van der Waals surface area contributed by atoms with Crippen molar-refractivity contribution in [1.82, 2.24) is 4.98 Å². The number of aromatic nitrogens is 1. The minimum atomic E-state index is -0.979. The average Bonchev–Trinajstić information content (AvgIpc) is 2.87. The Hall–Kier alpha value is -5.25. The van der Waals surface area contributed by atoms with Gasteiger partial charge in [-0.15, -0.1) is 0 Å². The zero-order chi connectivity index (χ0) is 26.9. The Balaban J connectivity index is 1.69. The molecule has 2 aromatic heterocycles. The Morgan fingerprint density at radius 3 is 2.47 bits per heavy atom. The number of nitrogens with one attached hydrogen (secondary N) is 1. The van der Waals surface area contributed by atoms with Gasteiger partial charge in [-0.25, -0.2) is 0 Å². The van der Waals surface area contributed by atoms with Crippen molar-refractivity contribution in [3.8, 4) is 40.1 Å². The van der Waals surface area contributed by atoms with Crippen LogP contribution in [0.3, 0.4) is 0 Å². The fourth-order valence-corrected chi connectivity index (χ4v) is 4.97. The fraction of sp³-hybridized carbons (Fsp3) is 0.107. The maximum absolute atomic E-state index is 13.2. The van der Waals surface area contributed by atoms with Crippen LogP contribution in [0, 0.1) is 6.92 Å². The number of phenolic OH excluding ortho intramolecular Hbond substituents is 3. The molecule has 0 unspecified atom stereocenters. The molecule has 0 spiro atoms. The number of aromatic hydroxyl groups is 4. The summed E-state index contributed by atoms with van der Waals surface area (Å²) < 4.78 is 11.3. The molecule has 5 N–H and O–H groups in total. The van der Waals surface area contributed by atoms with Crippen LogP contribution in [0.1, 0.15) is 29.0 Å². The molecule has 0 saturated heterocycles. The summed E-state index contributed by atoms with van der Waals surface area (Å²) >= 11 is 0. The number of ether oxygens (including phenoxy) is 1. The average molecular weight is 513 g/mol. The van der Waals surface area contributed by atoms with Gasteiger partial charge in [-0.05, 0) is 42.1 Å². The maximum Gasteiger partial charge on any atom is 0.312 e. The Labute approximate surface area is 212 Å². The first-order chi connectivity index (χ1) is 18.1. The standard InChI is InChI=1S/C28H19NO9/c1-11-3-2-4-12-7-15(28(36)29-23(11)12)14-9-20(33)37-19-10-18(32)22-24(34)25(35)26(38-27(22)21(14)19)13-5-6-16(30)17(31)8-13/h2-8,10,14,30-32,35H,9H2,1H3,(H,29,36)/t14-/m0/s1. The van der Waals surface area contributed by atoms with Crippen molar-refractivity contribution in [2.75, 3.05) is 0 Å². The molecule has 3 aromatic carbocycles. The lowest BCUT2D eigenvalue weighted by molar-refractivity contribution is -0.135. The molecule has 6 rings (SSSR count). The van der Waals surface area contributed by atoms with Crippen LogP contribution in [0.4, 0.5) is 0 Å². The summed E-state index contributed by atoms with van der Waals surface area (Å²) in [4.78, 5) is 41.9. The second-order valence-corrected chi connectivity index (χ2v) is 9.15. The largest absolute Gasteiger partial charge is 0.507 e. The highest BCUT2D eigenvalue weighted by molar-refractivity contribution is 5.94. The van der Waals surface area contributed by atoms with E-state index >= 15 is 0 Å². The van der Waals surface area contributed by atoms with E-state index in [1.54, 1.807) is 6.07 Å². The topological polar surface area (TPSA) is 170 Å². The number of rotatable bonds is 2. The van der Waals surface area contributed by atoms with E-state index in [-0.39, 0.29) is 45.6 Å². The lowest BCUT2D eigenvalue weighted by Gasteiger charge is -2.26. The van der Waals surface area contributed by atoms with Crippen LogP contribution < -0.4 is 15.7 Å². The number of esters is 1. The molecule has 1 atom stereocenters. The van der Waals surface area contributed by atoms with Crippen molar-refractivity contribution in [2.45, 2.75) is 19.3 Å². The lowest BCUT2D eigenvalue weighted by atomic mass is 9.85. The van der Waals surface area contributed by atoms with E-state index in [1.165, 1.54) is 6.07 Å². The summed E-state index contributed by atoms with van der Waals surface area (Å²) in [6, 6.07) is 11.8. The first-order valence-electron chi connectivity index (χ1n) is 11.5. The Morgan fingerprint density at radius 1 is 0.921 bits per heavy atom. The van der Waals surface area contributed by atoms with Gasteiger partial charge in [0, 0.05) is 28.7 Å². The van der Waals surface area contributed by atoms with Crippen molar-refractivity contribution >= 4 is 27.8 Å². The van der Waals surface area contributed by atoms with Gasteiger partial charge in [0.2, 0.25) is 11.2 Å². The molecule has 0 radical (unpaired) electrons. The molecule has 0 bridgehead atoms. The predicted molar refractivity (Wildman–Crippen MR) is 136 cm³/mol. The van der Waals surface area contributed by atoms with Gasteiger partial charge in [0.25, 0.3) is 5.56 Å². The molecule has 1 aliphatic rings. The molecule has 0 saturated carbocycles. The summed E-state index contributed by atoms with van der Waals surface area (Å²) in [5, 5.41) is 41.2. The van der Waals surface area contributed by atoms with Gasteiger partial charge in [-0.1, -0.05) is 18.2 Å². The highest BCUT2D eigenvalue weighted by Crippen LogP contribution is 2.47. The molecule has 38 heavy (non-hydrogen) atoms. The lowest BCUT2D eigenvalue weighted by Crippen LogP contribution is -2.26. The quantitative estimate of drug-likeness (QED) is 0.134. The van der Waals surface area contributed by atoms with Crippen molar-refractivity contribution in [2.24, 2.45) is 0 Å². The summed E-state index contributed by atoms with van der Waals surface area (Å²) in [6.45, 7) is 1.85. The van der Waals surface area contributed by atoms with Gasteiger partial charge in [-0.2, -0.15) is 0 Å². The van der Waals surface area contributed by atoms with E-state index in [9.17, 15) is 34.8 Å². The molecular weight excluding hydrogens is 494 g/mol. The number of aryl methyl sites for hydroxylation is 1. The molecule has 10 nitrogen and oxygen atoms in total. The molecule has 5 aromatic rings. The second-order valence-electron chi connectivity index (χ2n) is 9.15. The third-order valence-corrected chi connectivity index (χ3v) is 6.80. The first kappa shape index (κ1) is 23.2. The van der Waals surface area contributed by atoms with Gasteiger partial charge in [0.05, 0.1) is 11.9 Å². The number of aromatic amines is 1. The number of phenols is 3. The SMILES string of the molecule is Cc1cccc2cc([C@@H]3CC(=O)Oc4cc(O)c5c(=O)c(O)c(-c6ccc(O)c(O)c6)oc5c43)c(=O)[nH]c12. The molecule has 0 fully saturated rings. The number of para-hydroxylation sites is 1. The number of carbonyl (C=O) groups excluding carboxylic acids is 1. The van der Waals surface area contributed by atoms with E-state index in [1.807, 2.05) is 25.1 Å². The first-order valence-corrected chi connectivity index (χ1v) is 11.5. The number of hydrogen-bond acceptors (Lipinski definition) is 9. The number of benzene rings is 3. The Morgan fingerprint density at radius 2 is 1.71 bits per heavy atom. The highest BCUT2D eigenvalue weighted by Gasteiger charge is 2.36. The van der Waals surface area contributed by atoms with E-state index in [0.29, 0.717) is 5.52 Å². The second kappa shape index (κ2) is 8.13. The normalized spacial score (nSPS) is 15.0. The summed E-state index contributed by atoms with van der Waals surface area (Å²) in [5.41, 5.74) is 0.290. The van der Waals surface area contributed by atoms with E-state index < -0.39 is 45.9 Å². The van der Waals surface area contributed by atoms with Crippen LogP contribution in [0.2, 0.25) is 0 Å². The van der Waals surface area contributed by atoms with Crippen LogP contribution in [0.5, 0.6) is 28.7 Å². The van der Waals surface area contributed by atoms with Crippen molar-refractivity contribution in [1.29, 1.82) is 0 Å². The maximum atomic E-state index is 13.2. The molecule has 3 heterocycles. The van der Waals surface area contributed by atoms with Gasteiger partial charge < -0.3 is 34.6 Å². The fourth-order valence-electron chi connectivity index (χ4n) is 4.97. The summed E-state index contributed by atoms with van der Waals surface area (Å²) in [6.07, 6.45) is -0.257. The van der Waals surface area contributed by atoms with Gasteiger partial charge in [-0.3, -0.25) is 14.4 Å². The monoisotopic (exact) mass is 513 g/mol. The van der Waals surface area contributed by atoms with E-state index in [0.717, 1.165) is 29.1 Å². The minimum Gasteiger partial charge on any atom is -0.507 e. The van der Waals surface area contributed by atoms with Gasteiger partial charge in [0.15, 0.2) is 17.3 Å². The number of hydrogen-bond donors (Lipinski definition) is 5. The molecule has 1 aliphatic heterocycles. The zero-order valence-electron chi connectivity index (χ0n) is 19.7. The smallest absolute Gasteiger partial charge is 0.312 e. The van der Waals surface area contributed by atoms with Crippen LogP contribution in [-0.4, -0.2) is 31.4 Å². The van der Waals surface area contributed by atoms with Crippen LogP contribution in [-0.2, 0) is 4.79 Å². The molecule has 0 aliphatic carbocycles. The number of H-pyrrole nitrogens is 1. The molecule has 0 amide bonds. The zero-order valence-corrected chi connectivity index (χ0v) is 19.7. The summed E-state index contributed by atoms with van der Waals surface area (Å²) in [7, 11) is 0. The number of fused-ring (bicyclic) bond motifs is 4.